The van der Waals surface area contributed by atoms with Gasteiger partial charge in [-0.25, -0.2) is 0 Å². The van der Waals surface area contributed by atoms with Crippen molar-refractivity contribution < 1.29 is 0 Å². The molecule has 0 saturated heterocycles. The Morgan fingerprint density at radius 2 is 2.11 bits per heavy atom. The summed E-state index contributed by atoms with van der Waals surface area (Å²) in [4.78, 5) is 2.56. The molecule has 0 amide bonds. The maximum atomic E-state index is 6.27. The van der Waals surface area contributed by atoms with E-state index in [1.807, 2.05) is 18.2 Å². The van der Waals surface area contributed by atoms with Gasteiger partial charge in [0.15, 0.2) is 0 Å². The molecule has 1 fully saturated rings. The van der Waals surface area contributed by atoms with Crippen molar-refractivity contribution in [2.45, 2.75) is 45.2 Å². The van der Waals surface area contributed by atoms with Gasteiger partial charge in [-0.3, -0.25) is 0 Å². The minimum atomic E-state index is 0.0825. The third kappa shape index (κ3) is 4.79. The van der Waals surface area contributed by atoms with Crippen molar-refractivity contribution in [1.29, 1.82) is 0 Å². The number of nitrogens with zero attached hydrogens (tertiary/aromatic N) is 1. The molecule has 0 radical (unpaired) electrons. The van der Waals surface area contributed by atoms with Crippen LogP contribution >= 0.6 is 11.6 Å². The highest BCUT2D eigenvalue weighted by Gasteiger charge is 2.25. The Hall–Kier alpha value is -0.570. The van der Waals surface area contributed by atoms with E-state index in [-0.39, 0.29) is 6.04 Å². The molecule has 1 atom stereocenters. The molecule has 1 aliphatic carbocycles. The van der Waals surface area contributed by atoms with Crippen LogP contribution in [0.25, 0.3) is 0 Å². The summed E-state index contributed by atoms with van der Waals surface area (Å²) in [5.74, 6) is 0.935. The highest BCUT2D eigenvalue weighted by atomic mass is 35.5. The van der Waals surface area contributed by atoms with Crippen molar-refractivity contribution in [2.75, 3.05) is 13.1 Å². The van der Waals surface area contributed by atoms with Crippen LogP contribution in [0.5, 0.6) is 0 Å². The maximum absolute atomic E-state index is 6.27. The summed E-state index contributed by atoms with van der Waals surface area (Å²) in [7, 11) is 0. The number of nitrogens with two attached hydrogens (primary N) is 1. The molecule has 2 nitrogen and oxygen atoms in total. The van der Waals surface area contributed by atoms with Crippen molar-refractivity contribution >= 4 is 11.6 Å². The Morgan fingerprint density at radius 1 is 1.37 bits per heavy atom. The second kappa shape index (κ2) is 6.74. The fraction of sp³-hybridized carbons (Fsp3) is 0.625. The molecule has 2 rings (SSSR count). The summed E-state index contributed by atoms with van der Waals surface area (Å²) in [5, 5.41) is 0.770. The van der Waals surface area contributed by atoms with Crippen molar-refractivity contribution in [2.24, 2.45) is 11.7 Å². The standard InChI is InChI=1S/C16H25ClN2/c1-12(2)19(11-13-6-7-13)9-8-16(18)14-4-3-5-15(17)10-14/h3-5,10,12-13,16H,6-9,11,18H2,1-2H3. The Bertz CT molecular complexity index is 401. The molecule has 3 heteroatoms. The minimum Gasteiger partial charge on any atom is -0.324 e. The van der Waals surface area contributed by atoms with Gasteiger partial charge >= 0.3 is 0 Å². The number of halogens is 1. The minimum absolute atomic E-state index is 0.0825. The third-order valence-corrected chi connectivity index (χ3v) is 4.16. The molecule has 1 aromatic rings. The number of rotatable bonds is 7. The Kier molecular flexibility index (Phi) is 5.26. The Balaban J connectivity index is 1.85. The molecule has 0 aromatic heterocycles. The smallest absolute Gasteiger partial charge is 0.0409 e. The van der Waals surface area contributed by atoms with Gasteiger partial charge in [0.1, 0.15) is 0 Å². The van der Waals surface area contributed by atoms with E-state index in [0.29, 0.717) is 6.04 Å². The lowest BCUT2D eigenvalue weighted by atomic mass is 10.0. The third-order valence-electron chi connectivity index (χ3n) is 3.92. The lowest BCUT2D eigenvalue weighted by Gasteiger charge is -2.27. The van der Waals surface area contributed by atoms with Crippen LogP contribution in [0.3, 0.4) is 0 Å². The SMILES string of the molecule is CC(C)N(CCC(N)c1cccc(Cl)c1)CC1CC1. The normalized spacial score (nSPS) is 17.2. The molecule has 19 heavy (non-hydrogen) atoms. The first-order chi connectivity index (χ1) is 9.06. The topological polar surface area (TPSA) is 29.3 Å². The molecule has 0 bridgehead atoms. The van der Waals surface area contributed by atoms with Gasteiger partial charge in [-0.05, 0) is 56.7 Å². The average Bonchev–Trinajstić information content (AvgIpc) is 3.17. The van der Waals surface area contributed by atoms with Gasteiger partial charge in [0.2, 0.25) is 0 Å². The van der Waals surface area contributed by atoms with E-state index in [4.69, 9.17) is 17.3 Å². The van der Waals surface area contributed by atoms with Gasteiger partial charge in [0, 0.05) is 30.2 Å². The van der Waals surface area contributed by atoms with Crippen LogP contribution < -0.4 is 5.73 Å². The van der Waals surface area contributed by atoms with E-state index >= 15 is 0 Å². The van der Waals surface area contributed by atoms with Gasteiger partial charge in [-0.15, -0.1) is 0 Å². The van der Waals surface area contributed by atoms with Crippen LogP contribution in [0.2, 0.25) is 5.02 Å². The average molecular weight is 281 g/mol. The van der Waals surface area contributed by atoms with Crippen molar-refractivity contribution in [1.82, 2.24) is 4.90 Å². The zero-order valence-electron chi connectivity index (χ0n) is 12.0. The number of hydrogen-bond donors (Lipinski definition) is 1. The van der Waals surface area contributed by atoms with Crippen LogP contribution in [-0.4, -0.2) is 24.0 Å². The Labute approximate surface area is 121 Å². The second-order valence-electron chi connectivity index (χ2n) is 5.98. The van der Waals surface area contributed by atoms with E-state index in [1.165, 1.54) is 19.4 Å². The number of hydrogen-bond acceptors (Lipinski definition) is 2. The molecule has 1 saturated carbocycles. The van der Waals surface area contributed by atoms with Crippen LogP contribution in [0.1, 0.15) is 44.7 Å². The lowest BCUT2D eigenvalue weighted by Crippen LogP contribution is -2.35. The van der Waals surface area contributed by atoms with E-state index in [0.717, 1.165) is 29.5 Å². The van der Waals surface area contributed by atoms with Crippen molar-refractivity contribution in [3.63, 3.8) is 0 Å². The predicted octanol–water partition coefficient (Wildman–Crippen LogP) is 3.85. The van der Waals surface area contributed by atoms with Gasteiger partial charge in [0.25, 0.3) is 0 Å². The van der Waals surface area contributed by atoms with Crippen molar-refractivity contribution in [3.8, 4) is 0 Å². The van der Waals surface area contributed by atoms with E-state index < -0.39 is 0 Å². The molecule has 1 unspecified atom stereocenters. The van der Waals surface area contributed by atoms with E-state index in [1.54, 1.807) is 0 Å². The maximum Gasteiger partial charge on any atom is 0.0409 e. The molecule has 0 heterocycles. The molecule has 1 aliphatic rings. The summed E-state index contributed by atoms with van der Waals surface area (Å²) in [5.41, 5.74) is 7.41. The molecule has 0 spiro atoms. The zero-order chi connectivity index (χ0) is 13.8. The fourth-order valence-corrected chi connectivity index (χ4v) is 2.60. The summed E-state index contributed by atoms with van der Waals surface area (Å²) >= 11 is 6.01. The first-order valence-corrected chi connectivity index (χ1v) is 7.69. The predicted molar refractivity (Wildman–Crippen MR) is 82.4 cm³/mol. The van der Waals surface area contributed by atoms with Crippen molar-refractivity contribution in [3.05, 3.63) is 34.9 Å². The van der Waals surface area contributed by atoms with Crippen LogP contribution in [0, 0.1) is 5.92 Å². The quantitative estimate of drug-likeness (QED) is 0.822. The largest absolute Gasteiger partial charge is 0.324 e. The zero-order valence-corrected chi connectivity index (χ0v) is 12.7. The fourth-order valence-electron chi connectivity index (χ4n) is 2.40. The molecular weight excluding hydrogens is 256 g/mol. The lowest BCUT2D eigenvalue weighted by molar-refractivity contribution is 0.205. The Morgan fingerprint density at radius 3 is 2.68 bits per heavy atom. The molecule has 2 N–H and O–H groups in total. The van der Waals surface area contributed by atoms with E-state index in [9.17, 15) is 0 Å². The summed E-state index contributed by atoms with van der Waals surface area (Å²) < 4.78 is 0. The molecular formula is C16H25ClN2. The number of benzene rings is 1. The van der Waals surface area contributed by atoms with Crippen LogP contribution in [-0.2, 0) is 0 Å². The van der Waals surface area contributed by atoms with Crippen LogP contribution in [0.15, 0.2) is 24.3 Å². The second-order valence-corrected chi connectivity index (χ2v) is 6.42. The first-order valence-electron chi connectivity index (χ1n) is 7.31. The van der Waals surface area contributed by atoms with Gasteiger partial charge in [-0.2, -0.15) is 0 Å². The van der Waals surface area contributed by atoms with Gasteiger partial charge in [0.05, 0.1) is 0 Å². The monoisotopic (exact) mass is 280 g/mol. The summed E-state index contributed by atoms with van der Waals surface area (Å²) in [6.07, 6.45) is 3.80. The van der Waals surface area contributed by atoms with Gasteiger partial charge < -0.3 is 10.6 Å². The van der Waals surface area contributed by atoms with E-state index in [2.05, 4.69) is 24.8 Å². The summed E-state index contributed by atoms with van der Waals surface area (Å²) in [6, 6.07) is 8.60. The molecule has 106 valence electrons. The summed E-state index contributed by atoms with van der Waals surface area (Å²) in [6.45, 7) is 6.85. The van der Waals surface area contributed by atoms with Crippen LogP contribution in [0.4, 0.5) is 0 Å². The van der Waals surface area contributed by atoms with Gasteiger partial charge in [-0.1, -0.05) is 23.7 Å². The molecule has 1 aromatic carbocycles. The highest BCUT2D eigenvalue weighted by molar-refractivity contribution is 6.30. The first kappa shape index (κ1) is 14.8. The molecule has 0 aliphatic heterocycles. The highest BCUT2D eigenvalue weighted by Crippen LogP contribution is 2.30.